The molecule has 3 aromatic rings. The van der Waals surface area contributed by atoms with Crippen LogP contribution in [-0.2, 0) is 14.3 Å². The molecule has 0 unspecified atom stereocenters. The lowest BCUT2D eigenvalue weighted by molar-refractivity contribution is -0.133. The molecule has 194 valence electrons. The predicted molar refractivity (Wildman–Crippen MR) is 148 cm³/mol. The number of aromatic nitrogens is 1. The Bertz CT molecular complexity index is 1290. The number of rotatable bonds is 6. The maximum absolute atomic E-state index is 12.7. The van der Waals surface area contributed by atoms with E-state index in [1.54, 1.807) is 0 Å². The molecule has 37 heavy (non-hydrogen) atoms. The van der Waals surface area contributed by atoms with Crippen LogP contribution in [0.4, 0.5) is 17.2 Å². The third kappa shape index (κ3) is 6.14. The fourth-order valence-electron chi connectivity index (χ4n) is 4.90. The minimum Gasteiger partial charge on any atom is -0.378 e. The summed E-state index contributed by atoms with van der Waals surface area (Å²) in [5.74, 6) is 0.799. The van der Waals surface area contributed by atoms with Gasteiger partial charge in [0.15, 0.2) is 0 Å². The number of fused-ring (bicyclic) bond motifs is 1. The van der Waals surface area contributed by atoms with Gasteiger partial charge in [-0.3, -0.25) is 9.59 Å². The average Bonchev–Trinajstić information content (AvgIpc) is 2.92. The van der Waals surface area contributed by atoms with Crippen LogP contribution >= 0.6 is 11.6 Å². The van der Waals surface area contributed by atoms with Crippen LogP contribution in [0.1, 0.15) is 18.4 Å². The Morgan fingerprint density at radius 2 is 1.73 bits per heavy atom. The van der Waals surface area contributed by atoms with Gasteiger partial charge in [-0.05, 0) is 55.0 Å². The highest BCUT2D eigenvalue weighted by atomic mass is 35.5. The fraction of sp³-hybridized carbons (Fsp3) is 0.393. The Morgan fingerprint density at radius 1 is 0.946 bits per heavy atom. The largest absolute Gasteiger partial charge is 0.378 e. The Hall–Kier alpha value is -3.36. The lowest BCUT2D eigenvalue weighted by Gasteiger charge is -2.36. The number of piperazine rings is 1. The van der Waals surface area contributed by atoms with Crippen LogP contribution in [0.3, 0.4) is 0 Å². The van der Waals surface area contributed by atoms with Crippen LogP contribution in [0.2, 0.25) is 5.02 Å². The van der Waals surface area contributed by atoms with Gasteiger partial charge in [-0.15, -0.1) is 0 Å². The SMILES string of the molecule is Cc1cc(N2CCOCC2)nc2ccc(NC(=O)CCC(=O)N3CCN(c4cccc(Cl)c4)CC3)cc12. The van der Waals surface area contributed by atoms with E-state index in [0.717, 1.165) is 54.2 Å². The summed E-state index contributed by atoms with van der Waals surface area (Å²) in [6.07, 6.45) is 0.346. The summed E-state index contributed by atoms with van der Waals surface area (Å²) in [6.45, 7) is 7.92. The maximum atomic E-state index is 12.7. The Labute approximate surface area is 222 Å². The molecule has 9 heteroatoms. The zero-order chi connectivity index (χ0) is 25.8. The molecule has 2 aliphatic rings. The number of ether oxygens (including phenoxy) is 1. The summed E-state index contributed by atoms with van der Waals surface area (Å²) in [5.41, 5.74) is 3.78. The third-order valence-electron chi connectivity index (χ3n) is 6.99. The van der Waals surface area contributed by atoms with Crippen molar-refractivity contribution < 1.29 is 14.3 Å². The summed E-state index contributed by atoms with van der Waals surface area (Å²) in [7, 11) is 0. The van der Waals surface area contributed by atoms with Gasteiger partial charge in [-0.2, -0.15) is 0 Å². The van der Waals surface area contributed by atoms with Gasteiger partial charge in [-0.25, -0.2) is 4.98 Å². The molecule has 2 saturated heterocycles. The molecule has 3 heterocycles. The number of nitrogens with zero attached hydrogens (tertiary/aromatic N) is 4. The van der Waals surface area contributed by atoms with Crippen molar-refractivity contribution in [2.24, 2.45) is 0 Å². The molecule has 2 fully saturated rings. The van der Waals surface area contributed by atoms with Gasteiger partial charge < -0.3 is 24.8 Å². The van der Waals surface area contributed by atoms with Gasteiger partial charge in [0.05, 0.1) is 18.7 Å². The molecule has 0 bridgehead atoms. The number of anilines is 3. The number of benzene rings is 2. The van der Waals surface area contributed by atoms with Crippen molar-refractivity contribution in [2.45, 2.75) is 19.8 Å². The monoisotopic (exact) mass is 521 g/mol. The number of pyridine rings is 1. The van der Waals surface area contributed by atoms with Crippen LogP contribution < -0.4 is 15.1 Å². The summed E-state index contributed by atoms with van der Waals surface area (Å²) in [5, 5.41) is 4.66. The molecule has 8 nitrogen and oxygen atoms in total. The standard InChI is InChI=1S/C28H32ClN5O3/c1-20-17-26(33-13-15-37-16-14-33)31-25-6-5-22(19-24(20)25)30-27(35)7-8-28(36)34-11-9-32(10-12-34)23-4-2-3-21(29)18-23/h2-6,17-19H,7-16H2,1H3,(H,30,35). The first kappa shape index (κ1) is 25.3. The number of aryl methyl sites for hydroxylation is 1. The van der Waals surface area contributed by atoms with Crippen molar-refractivity contribution in [1.29, 1.82) is 0 Å². The number of hydrogen-bond donors (Lipinski definition) is 1. The van der Waals surface area contributed by atoms with Crippen LogP contribution in [0.25, 0.3) is 10.9 Å². The number of nitrogens with one attached hydrogen (secondary N) is 1. The minimum atomic E-state index is -0.166. The lowest BCUT2D eigenvalue weighted by atomic mass is 10.1. The van der Waals surface area contributed by atoms with Crippen molar-refractivity contribution in [3.63, 3.8) is 0 Å². The van der Waals surface area contributed by atoms with Gasteiger partial charge in [0.2, 0.25) is 11.8 Å². The highest BCUT2D eigenvalue weighted by Gasteiger charge is 2.22. The van der Waals surface area contributed by atoms with Crippen molar-refractivity contribution in [3.8, 4) is 0 Å². The molecule has 5 rings (SSSR count). The molecule has 2 aromatic carbocycles. The number of carbonyl (C=O) groups is 2. The second kappa shape index (κ2) is 11.4. The quantitative estimate of drug-likeness (QED) is 0.526. The predicted octanol–water partition coefficient (Wildman–Crippen LogP) is 4.10. The van der Waals surface area contributed by atoms with E-state index in [1.807, 2.05) is 47.4 Å². The second-order valence-corrected chi connectivity index (χ2v) is 9.96. The molecule has 1 aromatic heterocycles. The van der Waals surface area contributed by atoms with Gasteiger partial charge in [-0.1, -0.05) is 17.7 Å². The first-order valence-corrected chi connectivity index (χ1v) is 13.2. The van der Waals surface area contributed by atoms with Crippen LogP contribution in [0.15, 0.2) is 48.5 Å². The lowest BCUT2D eigenvalue weighted by Crippen LogP contribution is -2.48. The maximum Gasteiger partial charge on any atom is 0.224 e. The van der Waals surface area contributed by atoms with Crippen LogP contribution in [0.5, 0.6) is 0 Å². The van der Waals surface area contributed by atoms with E-state index >= 15 is 0 Å². The van der Waals surface area contributed by atoms with E-state index in [2.05, 4.69) is 28.1 Å². The second-order valence-electron chi connectivity index (χ2n) is 9.52. The first-order chi connectivity index (χ1) is 18.0. The van der Waals surface area contributed by atoms with Crippen LogP contribution in [0, 0.1) is 6.92 Å². The number of halogens is 1. The van der Waals surface area contributed by atoms with Crippen molar-refractivity contribution in [1.82, 2.24) is 9.88 Å². The minimum absolute atomic E-state index is 0.00934. The van der Waals surface area contributed by atoms with Gasteiger partial charge in [0.25, 0.3) is 0 Å². The molecule has 2 aliphatic heterocycles. The summed E-state index contributed by atoms with van der Waals surface area (Å²) in [4.78, 5) is 36.5. The van der Waals surface area contributed by atoms with Crippen molar-refractivity contribution in [3.05, 3.63) is 59.1 Å². The molecule has 0 atom stereocenters. The highest BCUT2D eigenvalue weighted by molar-refractivity contribution is 6.30. The first-order valence-electron chi connectivity index (χ1n) is 12.8. The topological polar surface area (TPSA) is 78.0 Å². The summed E-state index contributed by atoms with van der Waals surface area (Å²) in [6, 6.07) is 15.6. The average molecular weight is 522 g/mol. The van der Waals surface area contributed by atoms with Crippen molar-refractivity contribution in [2.75, 3.05) is 67.6 Å². The number of carbonyl (C=O) groups excluding carboxylic acids is 2. The normalized spacial score (nSPS) is 16.2. The molecular weight excluding hydrogens is 490 g/mol. The zero-order valence-corrected chi connectivity index (χ0v) is 21.8. The smallest absolute Gasteiger partial charge is 0.224 e. The van der Waals surface area contributed by atoms with E-state index in [-0.39, 0.29) is 24.7 Å². The number of amides is 2. The summed E-state index contributed by atoms with van der Waals surface area (Å²) < 4.78 is 5.45. The molecule has 0 spiro atoms. The molecule has 2 amide bonds. The van der Waals surface area contributed by atoms with E-state index in [9.17, 15) is 9.59 Å². The molecule has 1 N–H and O–H groups in total. The molecule has 0 saturated carbocycles. The van der Waals surface area contributed by atoms with Crippen LogP contribution in [-0.4, -0.2) is 74.2 Å². The fourth-order valence-corrected chi connectivity index (χ4v) is 5.08. The molecule has 0 aliphatic carbocycles. The van der Waals surface area contributed by atoms with E-state index in [1.165, 1.54) is 0 Å². The molecular formula is C28H32ClN5O3. The van der Waals surface area contributed by atoms with E-state index in [0.29, 0.717) is 37.0 Å². The highest BCUT2D eigenvalue weighted by Crippen LogP contribution is 2.26. The Balaban J connectivity index is 1.13. The van der Waals surface area contributed by atoms with Gasteiger partial charge in [0.1, 0.15) is 5.82 Å². The zero-order valence-electron chi connectivity index (χ0n) is 21.1. The van der Waals surface area contributed by atoms with E-state index < -0.39 is 0 Å². The van der Waals surface area contributed by atoms with Crippen molar-refractivity contribution >= 4 is 51.5 Å². The van der Waals surface area contributed by atoms with E-state index in [4.69, 9.17) is 21.3 Å². The van der Waals surface area contributed by atoms with Gasteiger partial charge in [0, 0.05) is 73.9 Å². The molecule has 0 radical (unpaired) electrons. The Kier molecular flexibility index (Phi) is 7.76. The third-order valence-corrected chi connectivity index (χ3v) is 7.23. The Morgan fingerprint density at radius 3 is 2.49 bits per heavy atom. The van der Waals surface area contributed by atoms with Gasteiger partial charge >= 0.3 is 0 Å². The number of morpholine rings is 1. The summed E-state index contributed by atoms with van der Waals surface area (Å²) >= 11 is 6.11. The number of hydrogen-bond acceptors (Lipinski definition) is 6.